The normalized spacial score (nSPS) is 12.7. The van der Waals surface area contributed by atoms with Crippen LogP contribution in [-0.4, -0.2) is 27.0 Å². The predicted molar refractivity (Wildman–Crippen MR) is 82.4 cm³/mol. The third kappa shape index (κ3) is 4.26. The Balaban J connectivity index is 2.54. The van der Waals surface area contributed by atoms with Gasteiger partial charge in [0.05, 0.1) is 29.5 Å². The lowest BCUT2D eigenvalue weighted by Crippen LogP contribution is -2.28. The summed E-state index contributed by atoms with van der Waals surface area (Å²) in [6.07, 6.45) is -4.48. The molecule has 7 nitrogen and oxygen atoms in total. The molecule has 140 valence electrons. The van der Waals surface area contributed by atoms with E-state index in [0.29, 0.717) is 16.9 Å². The van der Waals surface area contributed by atoms with Gasteiger partial charge in [-0.3, -0.25) is 13.8 Å². The third-order valence-electron chi connectivity index (χ3n) is 2.96. The monoisotopic (exact) mass is 413 g/mol. The summed E-state index contributed by atoms with van der Waals surface area (Å²) in [4.78, 5) is 23.8. The molecule has 0 bridgehead atoms. The highest BCUT2D eigenvalue weighted by Gasteiger charge is 2.32. The van der Waals surface area contributed by atoms with E-state index in [1.54, 1.807) is 0 Å². The molecule has 26 heavy (non-hydrogen) atoms. The summed E-state index contributed by atoms with van der Waals surface area (Å²) in [6.45, 7) is 0. The Kier molecular flexibility index (Phi) is 5.78. The number of alkyl halides is 3. The van der Waals surface area contributed by atoms with Gasteiger partial charge in [0.15, 0.2) is 5.82 Å². The Hall–Kier alpha value is -2.31. The molecule has 2 rings (SSSR count). The Bertz CT molecular complexity index is 948. The summed E-state index contributed by atoms with van der Waals surface area (Å²) >= 11 is 3.54. The van der Waals surface area contributed by atoms with Crippen LogP contribution in [0.25, 0.3) is 5.69 Å². The van der Waals surface area contributed by atoms with Crippen LogP contribution in [0.2, 0.25) is 5.02 Å². The number of amides is 1. The van der Waals surface area contributed by atoms with Gasteiger partial charge in [0.2, 0.25) is 0 Å². The van der Waals surface area contributed by atoms with Crippen LogP contribution in [0.1, 0.15) is 15.9 Å². The minimum Gasteiger partial charge on any atom is -0.277 e. The number of nitrogens with one attached hydrogen (secondary N) is 1. The molecule has 1 unspecified atom stereocenters. The van der Waals surface area contributed by atoms with Gasteiger partial charge < -0.3 is 0 Å². The average molecular weight is 414 g/mol. The zero-order valence-electron chi connectivity index (χ0n) is 12.6. The lowest BCUT2D eigenvalue weighted by atomic mass is 10.2. The van der Waals surface area contributed by atoms with Crippen LogP contribution in [0, 0.1) is 5.82 Å². The highest BCUT2D eigenvalue weighted by Crippen LogP contribution is 2.28. The Labute approximate surface area is 150 Å². The molecule has 1 amide bonds. The standard InChI is InChI=1S/C13H8ClF4N3O4S/c1-25-26(24)20-12(23)7-3-10(9(15)4-8(7)14)21-11(22)2-6(5-19-21)13(16,17)18/h2-5H,1H3,(H,20,23). The molecule has 1 aromatic carbocycles. The van der Waals surface area contributed by atoms with E-state index in [-0.39, 0.29) is 6.07 Å². The summed E-state index contributed by atoms with van der Waals surface area (Å²) in [7, 11) is 1.04. The van der Waals surface area contributed by atoms with E-state index in [9.17, 15) is 31.4 Å². The van der Waals surface area contributed by atoms with Crippen molar-refractivity contribution >= 4 is 28.8 Å². The molecule has 2 aromatic rings. The molecule has 0 aliphatic rings. The van der Waals surface area contributed by atoms with Gasteiger partial charge in [0.1, 0.15) is 5.69 Å². The maximum Gasteiger partial charge on any atom is 0.418 e. The molecule has 0 radical (unpaired) electrons. The molecule has 1 atom stereocenters. The Morgan fingerprint density at radius 1 is 1.35 bits per heavy atom. The number of aromatic nitrogens is 2. The van der Waals surface area contributed by atoms with E-state index < -0.39 is 56.6 Å². The second-order valence-electron chi connectivity index (χ2n) is 4.61. The van der Waals surface area contributed by atoms with Gasteiger partial charge >= 0.3 is 6.18 Å². The summed E-state index contributed by atoms with van der Waals surface area (Å²) in [5.74, 6) is -2.15. The first kappa shape index (κ1) is 20.0. The van der Waals surface area contributed by atoms with E-state index in [4.69, 9.17) is 11.6 Å². The Morgan fingerprint density at radius 2 is 2.00 bits per heavy atom. The first-order valence-electron chi connectivity index (χ1n) is 6.48. The minimum atomic E-state index is -4.81. The van der Waals surface area contributed by atoms with Gasteiger partial charge in [-0.15, -0.1) is 0 Å². The van der Waals surface area contributed by atoms with Gasteiger partial charge in [-0.25, -0.2) is 13.3 Å². The van der Waals surface area contributed by atoms with Crippen LogP contribution >= 0.6 is 11.6 Å². The largest absolute Gasteiger partial charge is 0.418 e. The van der Waals surface area contributed by atoms with Crippen molar-refractivity contribution in [2.24, 2.45) is 0 Å². The van der Waals surface area contributed by atoms with Crippen molar-refractivity contribution in [3.63, 3.8) is 0 Å². The second-order valence-corrected chi connectivity index (χ2v) is 6.02. The van der Waals surface area contributed by atoms with Gasteiger partial charge in [-0.1, -0.05) is 11.6 Å². The number of carbonyl (C=O) groups is 1. The first-order chi connectivity index (χ1) is 12.0. The summed E-state index contributed by atoms with van der Waals surface area (Å²) in [6, 6.07) is 1.66. The highest BCUT2D eigenvalue weighted by atomic mass is 35.5. The summed E-state index contributed by atoms with van der Waals surface area (Å²) < 4.78 is 69.6. The third-order valence-corrected chi connectivity index (χ3v) is 3.93. The molecule has 1 N–H and O–H groups in total. The number of rotatable bonds is 4. The van der Waals surface area contributed by atoms with Gasteiger partial charge in [0, 0.05) is 6.07 Å². The van der Waals surface area contributed by atoms with E-state index in [1.165, 1.54) is 0 Å². The van der Waals surface area contributed by atoms with Crippen molar-refractivity contribution in [2.45, 2.75) is 6.18 Å². The van der Waals surface area contributed by atoms with Crippen LogP contribution in [0.15, 0.2) is 29.2 Å². The molecular weight excluding hydrogens is 406 g/mol. The fourth-order valence-electron chi connectivity index (χ4n) is 1.79. The van der Waals surface area contributed by atoms with Crippen LogP contribution in [0.5, 0.6) is 0 Å². The van der Waals surface area contributed by atoms with E-state index >= 15 is 0 Å². The van der Waals surface area contributed by atoms with Gasteiger partial charge in [-0.2, -0.15) is 23.0 Å². The molecule has 0 fully saturated rings. The second kappa shape index (κ2) is 7.51. The zero-order valence-corrected chi connectivity index (χ0v) is 14.2. The quantitative estimate of drug-likeness (QED) is 0.774. The van der Waals surface area contributed by atoms with E-state index in [1.807, 2.05) is 4.72 Å². The number of hydrogen-bond acceptors (Lipinski definition) is 5. The molecule has 1 heterocycles. The predicted octanol–water partition coefficient (Wildman–Crippen LogP) is 2.00. The van der Waals surface area contributed by atoms with Crippen LogP contribution in [0.3, 0.4) is 0 Å². The number of carbonyl (C=O) groups excluding carboxylic acids is 1. The van der Waals surface area contributed by atoms with Crippen molar-refractivity contribution in [2.75, 3.05) is 7.11 Å². The zero-order chi connectivity index (χ0) is 19.6. The van der Waals surface area contributed by atoms with Crippen molar-refractivity contribution in [3.8, 4) is 5.69 Å². The summed E-state index contributed by atoms with van der Waals surface area (Å²) in [5.41, 5.74) is -3.63. The maximum absolute atomic E-state index is 14.1. The fourth-order valence-corrected chi connectivity index (χ4v) is 2.37. The van der Waals surface area contributed by atoms with E-state index in [2.05, 4.69) is 9.28 Å². The van der Waals surface area contributed by atoms with Gasteiger partial charge in [-0.05, 0) is 12.1 Å². The lowest BCUT2D eigenvalue weighted by Gasteiger charge is -2.11. The fraction of sp³-hybridized carbons (Fsp3) is 0.154. The molecule has 1 aromatic heterocycles. The van der Waals surface area contributed by atoms with Crippen LogP contribution in [0.4, 0.5) is 17.6 Å². The van der Waals surface area contributed by atoms with Crippen molar-refractivity contribution in [1.29, 1.82) is 0 Å². The maximum atomic E-state index is 14.1. The molecule has 0 aliphatic heterocycles. The van der Waals surface area contributed by atoms with Crippen molar-refractivity contribution in [1.82, 2.24) is 14.5 Å². The minimum absolute atomic E-state index is 0.223. The van der Waals surface area contributed by atoms with Crippen molar-refractivity contribution < 1.29 is 30.7 Å². The number of nitrogens with zero attached hydrogens (tertiary/aromatic N) is 2. The molecular formula is C13H8ClF4N3O4S. The first-order valence-corrected chi connectivity index (χ1v) is 7.93. The topological polar surface area (TPSA) is 90.3 Å². The molecule has 13 heteroatoms. The lowest BCUT2D eigenvalue weighted by molar-refractivity contribution is -0.138. The molecule has 0 saturated heterocycles. The van der Waals surface area contributed by atoms with Crippen LogP contribution < -0.4 is 10.3 Å². The molecule has 0 aliphatic carbocycles. The summed E-state index contributed by atoms with van der Waals surface area (Å²) in [5, 5.41) is 2.88. The number of halogens is 5. The molecule has 0 saturated carbocycles. The average Bonchev–Trinajstić information content (AvgIpc) is 2.54. The number of hydrogen-bond donors (Lipinski definition) is 1. The Morgan fingerprint density at radius 3 is 2.54 bits per heavy atom. The van der Waals surface area contributed by atoms with Crippen LogP contribution in [-0.2, 0) is 21.6 Å². The molecule has 0 spiro atoms. The van der Waals surface area contributed by atoms with Crippen molar-refractivity contribution in [3.05, 3.63) is 56.7 Å². The smallest absolute Gasteiger partial charge is 0.277 e. The highest BCUT2D eigenvalue weighted by molar-refractivity contribution is 7.78. The number of benzene rings is 1. The SMILES string of the molecule is COS(=O)NC(=O)c1cc(-n2ncc(C(F)(F)F)cc2=O)c(F)cc1Cl. The van der Waals surface area contributed by atoms with E-state index in [0.717, 1.165) is 13.2 Å². The van der Waals surface area contributed by atoms with Gasteiger partial charge in [0.25, 0.3) is 22.7 Å².